The molecular weight excluding hydrogens is 230 g/mol. The smallest absolute Gasteiger partial charge is 0.243 e. The second-order valence-electron chi connectivity index (χ2n) is 5.78. The van der Waals surface area contributed by atoms with Gasteiger partial charge < -0.3 is 16.0 Å². The third kappa shape index (κ3) is 2.51. The lowest BCUT2D eigenvalue weighted by molar-refractivity contribution is -0.147. The van der Waals surface area contributed by atoms with Crippen LogP contribution in [0, 0.1) is 11.8 Å². The van der Waals surface area contributed by atoms with Crippen LogP contribution in [0.25, 0.3) is 0 Å². The molecule has 5 nitrogen and oxygen atoms in total. The van der Waals surface area contributed by atoms with Crippen molar-refractivity contribution in [2.24, 2.45) is 17.6 Å². The molecule has 5 heteroatoms. The maximum Gasteiger partial charge on any atom is 0.243 e. The van der Waals surface area contributed by atoms with Crippen molar-refractivity contribution in [3.8, 4) is 0 Å². The van der Waals surface area contributed by atoms with Crippen LogP contribution in [0.3, 0.4) is 0 Å². The zero-order chi connectivity index (χ0) is 13.3. The molecule has 0 aromatic rings. The van der Waals surface area contributed by atoms with Crippen molar-refractivity contribution in [2.45, 2.75) is 45.2 Å². The average Bonchev–Trinajstić information content (AvgIpc) is 2.74. The number of piperazine rings is 1. The van der Waals surface area contributed by atoms with Gasteiger partial charge in [-0.05, 0) is 25.2 Å². The number of carbonyl (C=O) groups is 2. The third-order valence-electron chi connectivity index (χ3n) is 3.99. The van der Waals surface area contributed by atoms with Gasteiger partial charge in [0.05, 0.1) is 0 Å². The van der Waals surface area contributed by atoms with E-state index in [9.17, 15) is 9.59 Å². The number of carbonyl (C=O) groups excluding carboxylic acids is 2. The fourth-order valence-electron chi connectivity index (χ4n) is 3.07. The summed E-state index contributed by atoms with van der Waals surface area (Å²) in [6.07, 6.45) is 2.55. The molecule has 2 aliphatic rings. The van der Waals surface area contributed by atoms with Crippen molar-refractivity contribution < 1.29 is 9.59 Å². The largest absolute Gasteiger partial charge is 0.353 e. The van der Waals surface area contributed by atoms with Crippen molar-refractivity contribution in [1.29, 1.82) is 0 Å². The molecule has 0 bridgehead atoms. The van der Waals surface area contributed by atoms with Crippen molar-refractivity contribution in [3.05, 3.63) is 0 Å². The minimum absolute atomic E-state index is 0.0205. The van der Waals surface area contributed by atoms with E-state index in [1.54, 1.807) is 4.90 Å². The van der Waals surface area contributed by atoms with Crippen LogP contribution in [-0.4, -0.2) is 41.9 Å². The molecule has 3 N–H and O–H groups in total. The van der Waals surface area contributed by atoms with Crippen LogP contribution >= 0.6 is 0 Å². The second-order valence-corrected chi connectivity index (χ2v) is 5.78. The predicted molar refractivity (Wildman–Crippen MR) is 68.7 cm³/mol. The summed E-state index contributed by atoms with van der Waals surface area (Å²) < 4.78 is 0. The van der Waals surface area contributed by atoms with Crippen LogP contribution in [0.4, 0.5) is 0 Å². The zero-order valence-electron chi connectivity index (χ0n) is 11.2. The minimum Gasteiger partial charge on any atom is -0.353 e. The molecule has 102 valence electrons. The normalized spacial score (nSPS) is 32.8. The number of hydrogen-bond donors (Lipinski definition) is 2. The summed E-state index contributed by atoms with van der Waals surface area (Å²) >= 11 is 0. The summed E-state index contributed by atoms with van der Waals surface area (Å²) in [7, 11) is 0. The molecule has 2 amide bonds. The molecule has 0 aromatic heterocycles. The van der Waals surface area contributed by atoms with E-state index in [4.69, 9.17) is 5.73 Å². The summed E-state index contributed by atoms with van der Waals surface area (Å²) in [5.41, 5.74) is 5.86. The number of nitrogens with zero attached hydrogens (tertiary/aromatic N) is 1. The van der Waals surface area contributed by atoms with E-state index in [0.29, 0.717) is 13.1 Å². The highest BCUT2D eigenvalue weighted by Crippen LogP contribution is 2.28. The maximum atomic E-state index is 12.5. The Kier molecular flexibility index (Phi) is 3.90. The van der Waals surface area contributed by atoms with E-state index >= 15 is 0 Å². The highest BCUT2D eigenvalue weighted by molar-refractivity contribution is 5.90. The Bertz CT molecular complexity index is 343. The molecule has 1 saturated heterocycles. The molecule has 1 heterocycles. The van der Waals surface area contributed by atoms with Gasteiger partial charge in [-0.2, -0.15) is 0 Å². The Morgan fingerprint density at radius 3 is 2.72 bits per heavy atom. The summed E-state index contributed by atoms with van der Waals surface area (Å²) in [6.45, 7) is 5.15. The van der Waals surface area contributed by atoms with Gasteiger partial charge in [-0.3, -0.25) is 9.59 Å². The molecule has 0 radical (unpaired) electrons. The lowest BCUT2D eigenvalue weighted by Gasteiger charge is -2.38. The first-order valence-electron chi connectivity index (χ1n) is 6.84. The van der Waals surface area contributed by atoms with Crippen LogP contribution in [0.5, 0.6) is 0 Å². The standard InChI is InChI=1S/C13H23N3O2/c1-8(2)11-12(17)15-5-6-16(11)13(18)9-3-4-10(14)7-9/h8-11H,3-7,14H2,1-2H3,(H,15,17)/t9-,10-,11+/m0/s1. The van der Waals surface area contributed by atoms with Gasteiger partial charge in [0.25, 0.3) is 0 Å². The highest BCUT2D eigenvalue weighted by Gasteiger charge is 2.39. The first-order valence-corrected chi connectivity index (χ1v) is 6.84. The predicted octanol–water partition coefficient (Wildman–Crippen LogP) is 0.0968. The quantitative estimate of drug-likeness (QED) is 0.732. The van der Waals surface area contributed by atoms with Gasteiger partial charge in [-0.25, -0.2) is 0 Å². The van der Waals surface area contributed by atoms with Gasteiger partial charge in [-0.15, -0.1) is 0 Å². The van der Waals surface area contributed by atoms with Crippen LogP contribution in [0.1, 0.15) is 33.1 Å². The molecule has 0 aromatic carbocycles. The Hall–Kier alpha value is -1.10. The van der Waals surface area contributed by atoms with E-state index in [1.165, 1.54) is 0 Å². The fraction of sp³-hybridized carbons (Fsp3) is 0.846. The minimum atomic E-state index is -0.317. The van der Waals surface area contributed by atoms with E-state index in [0.717, 1.165) is 19.3 Å². The SMILES string of the molecule is CC(C)[C@@H]1C(=O)NCCN1C(=O)[C@H]1CC[C@H](N)C1. The first-order chi connectivity index (χ1) is 8.50. The Morgan fingerprint density at radius 1 is 1.44 bits per heavy atom. The summed E-state index contributed by atoms with van der Waals surface area (Å²) in [4.78, 5) is 26.2. The molecular formula is C13H23N3O2. The van der Waals surface area contributed by atoms with E-state index in [-0.39, 0.29) is 35.7 Å². The lowest BCUT2D eigenvalue weighted by atomic mass is 9.96. The van der Waals surface area contributed by atoms with Crippen LogP contribution < -0.4 is 11.1 Å². The topological polar surface area (TPSA) is 75.4 Å². The van der Waals surface area contributed by atoms with Gasteiger partial charge in [0.2, 0.25) is 11.8 Å². The molecule has 18 heavy (non-hydrogen) atoms. The van der Waals surface area contributed by atoms with Gasteiger partial charge >= 0.3 is 0 Å². The van der Waals surface area contributed by atoms with E-state index in [1.807, 2.05) is 13.8 Å². The molecule has 1 saturated carbocycles. The monoisotopic (exact) mass is 253 g/mol. The zero-order valence-corrected chi connectivity index (χ0v) is 11.2. The third-order valence-corrected chi connectivity index (χ3v) is 3.99. The molecule has 0 unspecified atom stereocenters. The Morgan fingerprint density at radius 2 is 2.17 bits per heavy atom. The Balaban J connectivity index is 2.09. The molecule has 1 aliphatic carbocycles. The van der Waals surface area contributed by atoms with Gasteiger partial charge in [-0.1, -0.05) is 13.8 Å². The summed E-state index contributed by atoms with van der Waals surface area (Å²) in [5, 5.41) is 2.84. The van der Waals surface area contributed by atoms with Crippen LogP contribution in [-0.2, 0) is 9.59 Å². The summed E-state index contributed by atoms with van der Waals surface area (Å²) in [5.74, 6) is 0.264. The Labute approximate surface area is 108 Å². The second kappa shape index (κ2) is 5.26. The van der Waals surface area contributed by atoms with Crippen molar-refractivity contribution in [3.63, 3.8) is 0 Å². The lowest BCUT2D eigenvalue weighted by Crippen LogP contribution is -2.60. The maximum absolute atomic E-state index is 12.5. The summed E-state index contributed by atoms with van der Waals surface area (Å²) in [6, 6.07) is -0.168. The number of amides is 2. The van der Waals surface area contributed by atoms with Gasteiger partial charge in [0, 0.05) is 25.0 Å². The van der Waals surface area contributed by atoms with Crippen molar-refractivity contribution in [2.75, 3.05) is 13.1 Å². The highest BCUT2D eigenvalue weighted by atomic mass is 16.2. The van der Waals surface area contributed by atoms with Crippen LogP contribution in [0.15, 0.2) is 0 Å². The molecule has 0 spiro atoms. The number of nitrogens with one attached hydrogen (secondary N) is 1. The van der Waals surface area contributed by atoms with E-state index < -0.39 is 0 Å². The fourth-order valence-corrected chi connectivity index (χ4v) is 3.07. The molecule has 3 atom stereocenters. The van der Waals surface area contributed by atoms with Gasteiger partial charge in [0.1, 0.15) is 6.04 Å². The number of hydrogen-bond acceptors (Lipinski definition) is 3. The number of nitrogens with two attached hydrogens (primary N) is 1. The first kappa shape index (κ1) is 13.3. The number of rotatable bonds is 2. The molecule has 1 aliphatic heterocycles. The van der Waals surface area contributed by atoms with Crippen LogP contribution in [0.2, 0.25) is 0 Å². The van der Waals surface area contributed by atoms with Crippen molar-refractivity contribution >= 4 is 11.8 Å². The van der Waals surface area contributed by atoms with Gasteiger partial charge in [0.15, 0.2) is 0 Å². The molecule has 2 rings (SSSR count). The van der Waals surface area contributed by atoms with Crippen molar-refractivity contribution in [1.82, 2.24) is 10.2 Å². The van der Waals surface area contributed by atoms with E-state index in [2.05, 4.69) is 5.32 Å². The molecule has 2 fully saturated rings. The average molecular weight is 253 g/mol.